The minimum Gasteiger partial charge on any atom is -0.342 e. The average molecular weight is 373 g/mol. The molecule has 6 amide bonds. The van der Waals surface area contributed by atoms with Crippen LogP contribution in [-0.4, -0.2) is 53.9 Å². The van der Waals surface area contributed by atoms with Gasteiger partial charge in [0.15, 0.2) is 0 Å². The Morgan fingerprint density at radius 1 is 1.07 bits per heavy atom. The number of amides is 6. The van der Waals surface area contributed by atoms with Crippen molar-refractivity contribution in [2.75, 3.05) is 19.6 Å². The molecular weight excluding hydrogens is 350 g/mol. The third-order valence-electron chi connectivity index (χ3n) is 4.90. The van der Waals surface area contributed by atoms with E-state index in [4.69, 9.17) is 0 Å². The maximum absolute atomic E-state index is 12.3. The highest BCUT2D eigenvalue weighted by molar-refractivity contribution is 6.07. The van der Waals surface area contributed by atoms with Crippen LogP contribution in [0.25, 0.3) is 0 Å². The van der Waals surface area contributed by atoms with Crippen LogP contribution >= 0.6 is 0 Å². The van der Waals surface area contributed by atoms with Gasteiger partial charge in [0.25, 0.3) is 5.91 Å². The zero-order valence-electron chi connectivity index (χ0n) is 14.9. The van der Waals surface area contributed by atoms with Crippen LogP contribution in [0.15, 0.2) is 30.3 Å². The van der Waals surface area contributed by atoms with Gasteiger partial charge in [-0.05, 0) is 18.4 Å². The van der Waals surface area contributed by atoms with E-state index in [0.29, 0.717) is 32.5 Å². The van der Waals surface area contributed by atoms with E-state index in [0.717, 1.165) is 5.56 Å². The van der Waals surface area contributed by atoms with Crippen molar-refractivity contribution in [3.8, 4) is 0 Å². The van der Waals surface area contributed by atoms with Crippen LogP contribution in [0.5, 0.6) is 0 Å². The number of hydrogen-bond donors (Lipinski definition) is 4. The summed E-state index contributed by atoms with van der Waals surface area (Å²) in [6.45, 7) is 1.44. The lowest BCUT2D eigenvalue weighted by Gasteiger charge is -2.37. The molecular formula is C18H23N5O4. The topological polar surface area (TPSA) is 120 Å². The molecule has 0 saturated carbocycles. The van der Waals surface area contributed by atoms with Crippen LogP contribution in [0, 0.1) is 0 Å². The lowest BCUT2D eigenvalue weighted by atomic mass is 9.87. The molecule has 0 radical (unpaired) electrons. The molecule has 2 heterocycles. The Morgan fingerprint density at radius 3 is 2.41 bits per heavy atom. The monoisotopic (exact) mass is 373 g/mol. The van der Waals surface area contributed by atoms with Crippen molar-refractivity contribution in [1.29, 1.82) is 0 Å². The highest BCUT2D eigenvalue weighted by Gasteiger charge is 2.48. The average Bonchev–Trinajstić information content (AvgIpc) is 2.94. The van der Waals surface area contributed by atoms with Crippen molar-refractivity contribution < 1.29 is 19.2 Å². The zero-order chi connectivity index (χ0) is 19.3. The number of urea groups is 2. The van der Waals surface area contributed by atoms with E-state index in [1.165, 1.54) is 0 Å². The number of carbonyl (C=O) groups excluding carboxylic acids is 4. The largest absolute Gasteiger partial charge is 0.342 e. The van der Waals surface area contributed by atoms with Gasteiger partial charge in [0.1, 0.15) is 5.54 Å². The second kappa shape index (κ2) is 8.07. The number of nitrogens with zero attached hydrogens (tertiary/aromatic N) is 1. The molecule has 3 rings (SSSR count). The molecule has 0 aliphatic carbocycles. The van der Waals surface area contributed by atoms with E-state index in [2.05, 4.69) is 21.3 Å². The highest BCUT2D eigenvalue weighted by atomic mass is 16.2. The summed E-state index contributed by atoms with van der Waals surface area (Å²) < 4.78 is 0. The first-order valence-corrected chi connectivity index (χ1v) is 8.95. The van der Waals surface area contributed by atoms with Gasteiger partial charge in [0, 0.05) is 32.6 Å². The molecule has 1 spiro atoms. The predicted octanol–water partition coefficient (Wildman–Crippen LogP) is 0.0765. The molecule has 2 aliphatic rings. The van der Waals surface area contributed by atoms with Crippen LogP contribution < -0.4 is 21.3 Å². The molecule has 1 aromatic rings. The van der Waals surface area contributed by atoms with Crippen LogP contribution in [-0.2, 0) is 16.1 Å². The molecule has 9 nitrogen and oxygen atoms in total. The van der Waals surface area contributed by atoms with E-state index in [9.17, 15) is 19.2 Å². The summed E-state index contributed by atoms with van der Waals surface area (Å²) >= 11 is 0. The molecule has 0 aromatic heterocycles. The minimum absolute atomic E-state index is 0.0852. The molecule has 1 aromatic carbocycles. The Hall–Kier alpha value is -3.10. The van der Waals surface area contributed by atoms with Gasteiger partial charge in [-0.3, -0.25) is 14.9 Å². The van der Waals surface area contributed by atoms with Gasteiger partial charge in [0.2, 0.25) is 5.91 Å². The summed E-state index contributed by atoms with van der Waals surface area (Å²) in [5, 5.41) is 10.3. The first-order chi connectivity index (χ1) is 13.0. The third kappa shape index (κ3) is 4.55. The molecule has 2 aliphatic heterocycles. The van der Waals surface area contributed by atoms with Crippen LogP contribution in [0.3, 0.4) is 0 Å². The number of piperidine rings is 1. The van der Waals surface area contributed by atoms with Gasteiger partial charge in [0.05, 0.1) is 0 Å². The van der Waals surface area contributed by atoms with Gasteiger partial charge in [-0.2, -0.15) is 0 Å². The van der Waals surface area contributed by atoms with Gasteiger partial charge in [-0.25, -0.2) is 9.59 Å². The number of imide groups is 1. The summed E-state index contributed by atoms with van der Waals surface area (Å²) in [6.07, 6.45) is 0.965. The number of benzene rings is 1. The molecule has 0 unspecified atom stereocenters. The molecule has 2 saturated heterocycles. The molecule has 27 heavy (non-hydrogen) atoms. The lowest BCUT2D eigenvalue weighted by Crippen LogP contribution is -2.56. The lowest BCUT2D eigenvalue weighted by molar-refractivity contribution is -0.135. The Kier molecular flexibility index (Phi) is 5.58. The molecule has 0 bridgehead atoms. The second-order valence-corrected chi connectivity index (χ2v) is 6.72. The number of hydrogen-bond acceptors (Lipinski definition) is 4. The van der Waals surface area contributed by atoms with Crippen molar-refractivity contribution in [2.24, 2.45) is 0 Å². The quantitative estimate of drug-likeness (QED) is 0.546. The van der Waals surface area contributed by atoms with E-state index in [1.807, 2.05) is 30.3 Å². The zero-order valence-corrected chi connectivity index (χ0v) is 14.9. The summed E-state index contributed by atoms with van der Waals surface area (Å²) in [5.41, 5.74) is 0.109. The summed E-state index contributed by atoms with van der Waals surface area (Å²) in [5.74, 6) is -0.408. The van der Waals surface area contributed by atoms with E-state index in [-0.39, 0.29) is 30.8 Å². The van der Waals surface area contributed by atoms with Gasteiger partial charge in [-0.15, -0.1) is 0 Å². The summed E-state index contributed by atoms with van der Waals surface area (Å²) in [6, 6.07) is 8.73. The van der Waals surface area contributed by atoms with Crippen molar-refractivity contribution in [3.63, 3.8) is 0 Å². The van der Waals surface area contributed by atoms with E-state index in [1.54, 1.807) is 4.90 Å². The van der Waals surface area contributed by atoms with Gasteiger partial charge in [-0.1, -0.05) is 30.3 Å². The van der Waals surface area contributed by atoms with Crippen LogP contribution in [0.1, 0.15) is 24.8 Å². The van der Waals surface area contributed by atoms with Gasteiger partial charge >= 0.3 is 12.1 Å². The number of rotatable bonds is 5. The minimum atomic E-state index is -0.885. The van der Waals surface area contributed by atoms with E-state index >= 15 is 0 Å². The number of nitrogens with one attached hydrogen (secondary N) is 4. The standard InChI is InChI=1S/C18H23N5O4/c24-14(6-9-19-16(26)20-12-13-4-2-1-3-5-13)23-10-7-18(8-11-23)15(25)21-17(27)22-18/h1-5H,6-12H2,(H2,19,20,26)(H2,21,22,25,27). The maximum Gasteiger partial charge on any atom is 0.322 e. The molecule has 0 atom stereocenters. The SMILES string of the molecule is O=C(NCCC(=O)N1CCC2(CC1)NC(=O)NC2=O)NCc1ccccc1. The Bertz CT molecular complexity index is 729. The van der Waals surface area contributed by atoms with Crippen LogP contribution in [0.4, 0.5) is 9.59 Å². The number of carbonyl (C=O) groups is 4. The fraction of sp³-hybridized carbons (Fsp3) is 0.444. The summed E-state index contributed by atoms with van der Waals surface area (Å²) in [4.78, 5) is 48.9. The molecule has 4 N–H and O–H groups in total. The van der Waals surface area contributed by atoms with Crippen molar-refractivity contribution in [3.05, 3.63) is 35.9 Å². The highest BCUT2D eigenvalue weighted by Crippen LogP contribution is 2.25. The summed E-state index contributed by atoms with van der Waals surface area (Å²) in [7, 11) is 0. The third-order valence-corrected chi connectivity index (χ3v) is 4.90. The number of likely N-dealkylation sites (tertiary alicyclic amines) is 1. The van der Waals surface area contributed by atoms with Crippen LogP contribution in [0.2, 0.25) is 0 Å². The molecule has 144 valence electrons. The Morgan fingerprint density at radius 2 is 1.78 bits per heavy atom. The normalized spacial score (nSPS) is 18.0. The van der Waals surface area contributed by atoms with Gasteiger partial charge < -0.3 is 20.9 Å². The Labute approximate surface area is 156 Å². The first-order valence-electron chi connectivity index (χ1n) is 8.95. The molecule has 9 heteroatoms. The van der Waals surface area contributed by atoms with E-state index < -0.39 is 11.6 Å². The maximum atomic E-state index is 12.3. The van der Waals surface area contributed by atoms with Crippen molar-refractivity contribution >= 4 is 23.9 Å². The molecule has 2 fully saturated rings. The predicted molar refractivity (Wildman–Crippen MR) is 96.5 cm³/mol. The second-order valence-electron chi connectivity index (χ2n) is 6.72. The fourth-order valence-electron chi connectivity index (χ4n) is 3.30. The first kappa shape index (κ1) is 18.7. The Balaban J connectivity index is 1.35. The fourth-order valence-corrected chi connectivity index (χ4v) is 3.30. The van der Waals surface area contributed by atoms with Crippen molar-refractivity contribution in [2.45, 2.75) is 31.3 Å². The van der Waals surface area contributed by atoms with Crippen molar-refractivity contribution in [1.82, 2.24) is 26.2 Å². The smallest absolute Gasteiger partial charge is 0.322 e.